The summed E-state index contributed by atoms with van der Waals surface area (Å²) in [7, 11) is 0. The van der Waals surface area contributed by atoms with Gasteiger partial charge in [-0.3, -0.25) is 4.79 Å². The van der Waals surface area contributed by atoms with E-state index in [-0.39, 0.29) is 5.25 Å². The van der Waals surface area contributed by atoms with Crippen molar-refractivity contribution >= 4 is 29.4 Å². The van der Waals surface area contributed by atoms with Gasteiger partial charge in [0.25, 0.3) is 0 Å². The van der Waals surface area contributed by atoms with Gasteiger partial charge in [0.2, 0.25) is 5.91 Å². The summed E-state index contributed by atoms with van der Waals surface area (Å²) in [5.41, 5.74) is 0. The topological polar surface area (TPSA) is 20.3 Å². The van der Waals surface area contributed by atoms with Crippen LogP contribution in [0.4, 0.5) is 0 Å². The normalized spacial score (nSPS) is 25.8. The van der Waals surface area contributed by atoms with Gasteiger partial charge in [0.05, 0.1) is 5.25 Å². The summed E-state index contributed by atoms with van der Waals surface area (Å²) >= 11 is 3.59. The van der Waals surface area contributed by atoms with E-state index >= 15 is 0 Å². The Kier molecular flexibility index (Phi) is 4.46. The zero-order valence-electron chi connectivity index (χ0n) is 8.45. The molecule has 0 saturated carbocycles. The Bertz CT molecular complexity index is 186. The molecule has 2 unspecified atom stereocenters. The highest BCUT2D eigenvalue weighted by Crippen LogP contribution is 2.20. The van der Waals surface area contributed by atoms with Crippen LogP contribution >= 0.6 is 23.5 Å². The van der Waals surface area contributed by atoms with Crippen LogP contribution in [0.3, 0.4) is 0 Å². The van der Waals surface area contributed by atoms with Gasteiger partial charge in [0.1, 0.15) is 0 Å². The number of thioether (sulfide) groups is 2. The third kappa shape index (κ3) is 3.09. The van der Waals surface area contributed by atoms with Gasteiger partial charge < -0.3 is 4.90 Å². The van der Waals surface area contributed by atoms with Crippen LogP contribution in [0.25, 0.3) is 0 Å². The molecule has 1 aliphatic rings. The Hall–Kier alpha value is 0.170. The van der Waals surface area contributed by atoms with Gasteiger partial charge in [-0.2, -0.15) is 23.5 Å². The van der Waals surface area contributed by atoms with E-state index in [0.29, 0.717) is 11.2 Å². The molecule has 1 saturated heterocycles. The maximum absolute atomic E-state index is 11.8. The Labute approximate surface area is 88.8 Å². The fourth-order valence-corrected chi connectivity index (χ4v) is 2.74. The lowest BCUT2D eigenvalue weighted by molar-refractivity contribution is -0.130. The van der Waals surface area contributed by atoms with E-state index in [1.807, 2.05) is 29.8 Å². The van der Waals surface area contributed by atoms with Crippen molar-refractivity contribution in [3.63, 3.8) is 0 Å². The molecule has 0 aromatic rings. The Morgan fingerprint density at radius 1 is 1.69 bits per heavy atom. The van der Waals surface area contributed by atoms with Crippen molar-refractivity contribution in [1.29, 1.82) is 0 Å². The molecule has 1 fully saturated rings. The average molecular weight is 219 g/mol. The largest absolute Gasteiger partial charge is 0.340 e. The quantitative estimate of drug-likeness (QED) is 0.705. The van der Waals surface area contributed by atoms with E-state index in [9.17, 15) is 4.79 Å². The second-order valence-electron chi connectivity index (χ2n) is 3.34. The van der Waals surface area contributed by atoms with Crippen LogP contribution in [0.1, 0.15) is 13.8 Å². The third-order valence-corrected chi connectivity index (χ3v) is 4.30. The van der Waals surface area contributed by atoms with E-state index in [1.165, 1.54) is 0 Å². The molecule has 0 aromatic heterocycles. The maximum Gasteiger partial charge on any atom is 0.235 e. The number of rotatable bonds is 2. The molecule has 0 radical (unpaired) electrons. The van der Waals surface area contributed by atoms with Gasteiger partial charge in [0, 0.05) is 24.1 Å². The molecular weight excluding hydrogens is 202 g/mol. The molecule has 1 aliphatic heterocycles. The van der Waals surface area contributed by atoms with E-state index < -0.39 is 0 Å². The maximum atomic E-state index is 11.8. The highest BCUT2D eigenvalue weighted by Gasteiger charge is 2.24. The molecule has 13 heavy (non-hydrogen) atoms. The number of carbonyl (C=O) groups excluding carboxylic acids is 1. The molecular formula is C9H17NOS2. The van der Waals surface area contributed by atoms with Crippen LogP contribution in [0.2, 0.25) is 0 Å². The van der Waals surface area contributed by atoms with Crippen LogP contribution in [0, 0.1) is 0 Å². The zero-order valence-corrected chi connectivity index (χ0v) is 10.1. The van der Waals surface area contributed by atoms with Crippen molar-refractivity contribution in [2.24, 2.45) is 0 Å². The minimum atomic E-state index is 0.121. The summed E-state index contributed by atoms with van der Waals surface area (Å²) in [5, 5.41) is 0.724. The van der Waals surface area contributed by atoms with E-state index in [0.717, 1.165) is 18.8 Å². The first kappa shape index (κ1) is 11.2. The summed E-state index contributed by atoms with van der Waals surface area (Å²) in [6.45, 7) is 6.03. The van der Waals surface area contributed by atoms with Crippen LogP contribution < -0.4 is 0 Å². The van der Waals surface area contributed by atoms with Crippen LogP contribution in [0.5, 0.6) is 0 Å². The van der Waals surface area contributed by atoms with Crippen molar-refractivity contribution in [2.75, 3.05) is 25.1 Å². The van der Waals surface area contributed by atoms with Gasteiger partial charge in [-0.15, -0.1) is 0 Å². The first-order valence-corrected chi connectivity index (χ1v) is 6.92. The zero-order chi connectivity index (χ0) is 9.84. The molecule has 0 spiro atoms. The minimum absolute atomic E-state index is 0.121. The highest BCUT2D eigenvalue weighted by molar-refractivity contribution is 8.00. The van der Waals surface area contributed by atoms with E-state index in [1.54, 1.807) is 11.8 Å². The molecule has 76 valence electrons. The molecule has 0 N–H and O–H groups in total. The first-order valence-electron chi connectivity index (χ1n) is 4.58. The second kappa shape index (κ2) is 5.15. The summed E-state index contributed by atoms with van der Waals surface area (Å²) in [5.74, 6) is 1.40. The van der Waals surface area contributed by atoms with Gasteiger partial charge in [-0.25, -0.2) is 0 Å². The number of hydrogen-bond donors (Lipinski definition) is 0. The number of carbonyl (C=O) groups is 1. The smallest absolute Gasteiger partial charge is 0.235 e. The van der Waals surface area contributed by atoms with Crippen molar-refractivity contribution in [2.45, 2.75) is 24.3 Å². The monoisotopic (exact) mass is 219 g/mol. The van der Waals surface area contributed by atoms with Gasteiger partial charge >= 0.3 is 0 Å². The standard InChI is InChI=1S/C9H17NOS2/c1-7-6-10(4-5-13-7)9(11)8(2)12-3/h7-8H,4-6H2,1-3H3. The molecule has 0 bridgehead atoms. The van der Waals surface area contributed by atoms with E-state index in [4.69, 9.17) is 0 Å². The average Bonchev–Trinajstić information content (AvgIpc) is 2.15. The lowest BCUT2D eigenvalue weighted by Gasteiger charge is -2.32. The van der Waals surface area contributed by atoms with Crippen molar-refractivity contribution in [1.82, 2.24) is 4.90 Å². The van der Waals surface area contributed by atoms with Crippen LogP contribution in [-0.2, 0) is 4.79 Å². The molecule has 4 heteroatoms. The van der Waals surface area contributed by atoms with Gasteiger partial charge in [-0.05, 0) is 13.2 Å². The second-order valence-corrected chi connectivity index (χ2v) is 6.07. The summed E-state index contributed by atoms with van der Waals surface area (Å²) in [6.07, 6.45) is 1.99. The number of amides is 1. The molecule has 0 aromatic carbocycles. The lowest BCUT2D eigenvalue weighted by atomic mass is 10.3. The summed E-state index contributed by atoms with van der Waals surface area (Å²) in [6, 6.07) is 0. The molecule has 1 rings (SSSR count). The third-order valence-electron chi connectivity index (χ3n) is 2.25. The lowest BCUT2D eigenvalue weighted by Crippen LogP contribution is -2.44. The fourth-order valence-electron chi connectivity index (χ4n) is 1.38. The molecule has 2 nitrogen and oxygen atoms in total. The Balaban J connectivity index is 2.46. The van der Waals surface area contributed by atoms with Crippen molar-refractivity contribution in [3.05, 3.63) is 0 Å². The van der Waals surface area contributed by atoms with Crippen LogP contribution in [0.15, 0.2) is 0 Å². The fraction of sp³-hybridized carbons (Fsp3) is 0.889. The molecule has 0 aliphatic carbocycles. The summed E-state index contributed by atoms with van der Waals surface area (Å²) < 4.78 is 0. The Morgan fingerprint density at radius 2 is 2.38 bits per heavy atom. The molecule has 1 amide bonds. The van der Waals surface area contributed by atoms with E-state index in [2.05, 4.69) is 6.92 Å². The number of nitrogens with zero attached hydrogens (tertiary/aromatic N) is 1. The summed E-state index contributed by atoms with van der Waals surface area (Å²) in [4.78, 5) is 13.8. The van der Waals surface area contributed by atoms with Crippen molar-refractivity contribution in [3.8, 4) is 0 Å². The predicted octanol–water partition coefficient (Wildman–Crippen LogP) is 1.70. The number of hydrogen-bond acceptors (Lipinski definition) is 3. The Morgan fingerprint density at radius 3 is 2.92 bits per heavy atom. The van der Waals surface area contributed by atoms with Gasteiger partial charge in [-0.1, -0.05) is 6.92 Å². The van der Waals surface area contributed by atoms with Gasteiger partial charge in [0.15, 0.2) is 0 Å². The minimum Gasteiger partial charge on any atom is -0.340 e. The predicted molar refractivity (Wildman–Crippen MR) is 61.5 cm³/mol. The first-order chi connectivity index (χ1) is 6.15. The molecule has 1 heterocycles. The highest BCUT2D eigenvalue weighted by atomic mass is 32.2. The van der Waals surface area contributed by atoms with Crippen LogP contribution in [-0.4, -0.2) is 46.4 Å². The van der Waals surface area contributed by atoms with Crippen molar-refractivity contribution < 1.29 is 4.79 Å². The molecule has 2 atom stereocenters. The SMILES string of the molecule is CSC(C)C(=O)N1CCSC(C)C1.